The first-order valence-electron chi connectivity index (χ1n) is 7.99. The van der Waals surface area contributed by atoms with Crippen LogP contribution in [0.4, 0.5) is 0 Å². The second-order valence-corrected chi connectivity index (χ2v) is 5.41. The lowest BCUT2D eigenvalue weighted by Crippen LogP contribution is -2.52. The van der Waals surface area contributed by atoms with Gasteiger partial charge in [0.2, 0.25) is 5.41 Å². The smallest absolute Gasteiger partial charge is 0.327 e. The van der Waals surface area contributed by atoms with Crippen LogP contribution >= 0.6 is 0 Å². The number of carbonyl (C=O) groups is 3. The van der Waals surface area contributed by atoms with Crippen LogP contribution in [0.1, 0.15) is 25.8 Å². The average molecular weight is 348 g/mol. The lowest BCUT2D eigenvalue weighted by atomic mass is 9.76. The zero-order valence-electron chi connectivity index (χ0n) is 15.0. The molecule has 25 heavy (non-hydrogen) atoms. The van der Waals surface area contributed by atoms with Crippen LogP contribution in [0.25, 0.3) is 0 Å². The predicted octanol–water partition coefficient (Wildman–Crippen LogP) is 2.46. The number of allylic oxidation sites excluding steroid dienone is 1. The minimum Gasteiger partial charge on any atom is -0.468 e. The van der Waals surface area contributed by atoms with Crippen molar-refractivity contribution in [3.63, 3.8) is 0 Å². The topological polar surface area (TPSA) is 78.9 Å². The minimum absolute atomic E-state index is 0.0286. The molecule has 1 aromatic carbocycles. The van der Waals surface area contributed by atoms with Gasteiger partial charge in [-0.3, -0.25) is 14.4 Å². The highest BCUT2D eigenvalue weighted by Crippen LogP contribution is 2.34. The van der Waals surface area contributed by atoms with Crippen LogP contribution in [0.2, 0.25) is 0 Å². The zero-order valence-corrected chi connectivity index (χ0v) is 15.0. The van der Waals surface area contributed by atoms with E-state index in [1.165, 1.54) is 20.3 Å². The molecular weight excluding hydrogens is 324 g/mol. The lowest BCUT2D eigenvalue weighted by molar-refractivity contribution is -0.181. The van der Waals surface area contributed by atoms with Crippen LogP contribution < -0.4 is 0 Å². The van der Waals surface area contributed by atoms with E-state index in [4.69, 9.17) is 14.2 Å². The van der Waals surface area contributed by atoms with Crippen molar-refractivity contribution in [1.82, 2.24) is 0 Å². The molecule has 0 unspecified atom stereocenters. The van der Waals surface area contributed by atoms with Crippen LogP contribution in [0, 0.1) is 5.41 Å². The maximum Gasteiger partial charge on any atom is 0.327 e. The van der Waals surface area contributed by atoms with Crippen molar-refractivity contribution < 1.29 is 28.6 Å². The number of esters is 3. The molecule has 0 aliphatic heterocycles. The Morgan fingerprint density at radius 3 is 2.08 bits per heavy atom. The van der Waals surface area contributed by atoms with Crippen molar-refractivity contribution in [2.24, 2.45) is 5.41 Å². The molecule has 0 spiro atoms. The van der Waals surface area contributed by atoms with Crippen LogP contribution in [0.3, 0.4) is 0 Å². The highest BCUT2D eigenvalue weighted by Gasteiger charge is 2.56. The molecule has 1 aromatic rings. The summed E-state index contributed by atoms with van der Waals surface area (Å²) in [5.74, 6) is -2.18. The van der Waals surface area contributed by atoms with Crippen LogP contribution in [0.5, 0.6) is 0 Å². The maximum atomic E-state index is 12.7. The molecule has 6 nitrogen and oxygen atoms in total. The summed E-state index contributed by atoms with van der Waals surface area (Å²) < 4.78 is 15.2. The van der Waals surface area contributed by atoms with Crippen molar-refractivity contribution in [2.45, 2.75) is 32.8 Å². The van der Waals surface area contributed by atoms with Crippen molar-refractivity contribution >= 4 is 17.9 Å². The Morgan fingerprint density at radius 1 is 1.08 bits per heavy atom. The third-order valence-electron chi connectivity index (χ3n) is 3.83. The van der Waals surface area contributed by atoms with Gasteiger partial charge in [-0.2, -0.15) is 0 Å². The summed E-state index contributed by atoms with van der Waals surface area (Å²) in [5, 5.41) is 0. The van der Waals surface area contributed by atoms with Gasteiger partial charge in [-0.25, -0.2) is 0 Å². The SMILES string of the molecule is C/C=C/[C@@H](OC(=O)CC)C(Cc1ccccc1)(C(=O)OC)C(=O)OC. The maximum absolute atomic E-state index is 12.7. The fraction of sp³-hybridized carbons (Fsp3) is 0.421. The van der Waals surface area contributed by atoms with E-state index >= 15 is 0 Å². The van der Waals surface area contributed by atoms with Gasteiger partial charge < -0.3 is 14.2 Å². The van der Waals surface area contributed by atoms with E-state index < -0.39 is 29.4 Å². The normalized spacial score (nSPS) is 12.5. The highest BCUT2D eigenvalue weighted by molar-refractivity contribution is 6.01. The Balaban J connectivity index is 3.51. The van der Waals surface area contributed by atoms with Gasteiger partial charge in [0.25, 0.3) is 0 Å². The van der Waals surface area contributed by atoms with Crippen molar-refractivity contribution in [3.8, 4) is 0 Å². The van der Waals surface area contributed by atoms with Gasteiger partial charge in [0.15, 0.2) is 0 Å². The molecule has 0 fully saturated rings. The number of hydrogen-bond acceptors (Lipinski definition) is 6. The molecule has 0 saturated heterocycles. The number of benzene rings is 1. The van der Waals surface area contributed by atoms with Crippen LogP contribution in [-0.2, 0) is 35.0 Å². The van der Waals surface area contributed by atoms with Crippen LogP contribution in [0.15, 0.2) is 42.5 Å². The monoisotopic (exact) mass is 348 g/mol. The molecule has 6 heteroatoms. The first kappa shape index (κ1) is 20.4. The molecule has 0 bridgehead atoms. The largest absolute Gasteiger partial charge is 0.468 e. The Morgan fingerprint density at radius 2 is 1.64 bits per heavy atom. The molecule has 1 atom stereocenters. The number of ether oxygens (including phenoxy) is 3. The second kappa shape index (κ2) is 9.61. The fourth-order valence-electron chi connectivity index (χ4n) is 2.55. The van der Waals surface area contributed by atoms with Gasteiger partial charge >= 0.3 is 17.9 Å². The molecule has 0 aliphatic carbocycles. The van der Waals surface area contributed by atoms with E-state index in [0.29, 0.717) is 5.56 Å². The molecule has 0 heterocycles. The first-order valence-corrected chi connectivity index (χ1v) is 7.99. The van der Waals surface area contributed by atoms with E-state index in [-0.39, 0.29) is 12.8 Å². The van der Waals surface area contributed by atoms with Gasteiger partial charge in [0.05, 0.1) is 14.2 Å². The summed E-state index contributed by atoms with van der Waals surface area (Å²) in [6.45, 7) is 3.33. The van der Waals surface area contributed by atoms with E-state index in [2.05, 4.69) is 0 Å². The number of hydrogen-bond donors (Lipinski definition) is 0. The Labute approximate surface area is 147 Å². The van der Waals surface area contributed by atoms with Crippen LogP contribution in [-0.4, -0.2) is 38.2 Å². The quantitative estimate of drug-likeness (QED) is 0.311. The zero-order chi connectivity index (χ0) is 18.9. The molecule has 0 aliphatic rings. The van der Waals surface area contributed by atoms with Gasteiger partial charge in [-0.1, -0.05) is 43.3 Å². The summed E-state index contributed by atoms with van der Waals surface area (Å²) >= 11 is 0. The summed E-state index contributed by atoms with van der Waals surface area (Å²) in [5.41, 5.74) is -1.12. The summed E-state index contributed by atoms with van der Waals surface area (Å²) in [4.78, 5) is 37.2. The van der Waals surface area contributed by atoms with Gasteiger partial charge in [0.1, 0.15) is 6.10 Å². The standard InChI is InChI=1S/C19H24O6/c1-5-10-15(25-16(20)6-2)19(17(21)23-3,18(22)24-4)13-14-11-8-7-9-12-14/h5,7-12,15H,6,13H2,1-4H3/b10-5+/t15-/m1/s1. The highest BCUT2D eigenvalue weighted by atomic mass is 16.6. The Kier molecular flexibility index (Phi) is 7.85. The number of carbonyl (C=O) groups excluding carboxylic acids is 3. The Hall–Kier alpha value is -2.63. The minimum atomic E-state index is -1.83. The van der Waals surface area contributed by atoms with E-state index in [1.54, 1.807) is 44.2 Å². The van der Waals surface area contributed by atoms with Crippen molar-refractivity contribution in [1.29, 1.82) is 0 Å². The third kappa shape index (κ3) is 4.68. The Bertz CT molecular complexity index is 604. The third-order valence-corrected chi connectivity index (χ3v) is 3.83. The van der Waals surface area contributed by atoms with E-state index in [9.17, 15) is 14.4 Å². The molecule has 0 aromatic heterocycles. The lowest BCUT2D eigenvalue weighted by Gasteiger charge is -2.33. The molecule has 136 valence electrons. The van der Waals surface area contributed by atoms with E-state index in [0.717, 1.165) is 0 Å². The predicted molar refractivity (Wildman–Crippen MR) is 91.6 cm³/mol. The summed E-state index contributed by atoms with van der Waals surface area (Å²) in [7, 11) is 2.36. The van der Waals surface area contributed by atoms with E-state index in [1.807, 2.05) is 6.07 Å². The summed E-state index contributed by atoms with van der Waals surface area (Å²) in [6.07, 6.45) is 2.03. The fourth-order valence-corrected chi connectivity index (χ4v) is 2.55. The number of methoxy groups -OCH3 is 2. The van der Waals surface area contributed by atoms with Gasteiger partial charge in [-0.15, -0.1) is 0 Å². The van der Waals surface area contributed by atoms with Gasteiger partial charge in [-0.05, 0) is 18.6 Å². The first-order chi connectivity index (χ1) is 12.0. The molecule has 0 N–H and O–H groups in total. The van der Waals surface area contributed by atoms with Crippen molar-refractivity contribution in [3.05, 3.63) is 48.0 Å². The summed E-state index contributed by atoms with van der Waals surface area (Å²) in [6, 6.07) is 8.95. The molecule has 0 amide bonds. The van der Waals surface area contributed by atoms with Crippen molar-refractivity contribution in [2.75, 3.05) is 14.2 Å². The second-order valence-electron chi connectivity index (χ2n) is 5.41. The average Bonchev–Trinajstić information content (AvgIpc) is 2.65. The molecule has 0 radical (unpaired) electrons. The van der Waals surface area contributed by atoms with Gasteiger partial charge in [0, 0.05) is 12.8 Å². The number of rotatable bonds is 8. The molecular formula is C19H24O6. The molecule has 1 rings (SSSR count). The molecule has 0 saturated carbocycles.